The molecule has 1 atom stereocenters. The number of rotatable bonds is 3. The average Bonchev–Trinajstić information content (AvgIpc) is 2.01. The molecular formula is C7H15NO. The first-order valence-corrected chi connectivity index (χ1v) is 2.62. The number of hydrogen-bond acceptors (Lipinski definition) is 1. The molecule has 2 heteroatoms. The van der Waals surface area contributed by atoms with E-state index in [-0.39, 0.29) is 0 Å². The van der Waals surface area contributed by atoms with Crippen molar-refractivity contribution in [3.8, 4) is 0 Å². The second-order valence-electron chi connectivity index (χ2n) is 1.84. The molecule has 2 nitrogen and oxygen atoms in total. The molecule has 0 rings (SSSR count). The van der Waals surface area contributed by atoms with Crippen LogP contribution in [0.1, 0.15) is 34.3 Å². The van der Waals surface area contributed by atoms with Gasteiger partial charge in [-0.2, -0.15) is 0 Å². The maximum Gasteiger partial charge on any atom is 0.222 e. The van der Waals surface area contributed by atoms with E-state index in [0.29, 0.717) is 0 Å². The van der Waals surface area contributed by atoms with Crippen molar-refractivity contribution in [2.75, 3.05) is 14.1 Å². The van der Waals surface area contributed by atoms with Crippen LogP contribution in [0.25, 0.3) is 0 Å². The monoisotopic (exact) mass is 135 g/mol. The summed E-state index contributed by atoms with van der Waals surface area (Å²) in [5, 5.41) is 0. The zero-order valence-electron chi connectivity index (χ0n) is 11.6. The zero-order chi connectivity index (χ0) is 12.4. The highest BCUT2D eigenvalue weighted by Gasteiger charge is 2.00. The minimum Gasteiger partial charge on any atom is -0.349 e. The third-order valence-electron chi connectivity index (χ3n) is 0.878. The number of hydrogen-bond donors (Lipinski definition) is 0. The van der Waals surface area contributed by atoms with Gasteiger partial charge in [-0.1, -0.05) is 13.2 Å². The summed E-state index contributed by atoms with van der Waals surface area (Å²) in [5.74, 6) is -0.455. The van der Waals surface area contributed by atoms with E-state index < -0.39 is 31.9 Å². The predicted octanol–water partition coefficient (Wildman–Crippen LogP) is 1.26. The predicted molar refractivity (Wildman–Crippen MR) is 38.2 cm³/mol. The first-order valence-electron chi connectivity index (χ1n) is 5.70. The van der Waals surface area contributed by atoms with Crippen molar-refractivity contribution < 1.29 is 13.0 Å². The average molecular weight is 135 g/mol. The molecule has 0 N–H and O–H groups in total. The van der Waals surface area contributed by atoms with Gasteiger partial charge in [0.15, 0.2) is 0 Å². The van der Waals surface area contributed by atoms with Crippen LogP contribution >= 0.6 is 0 Å². The first-order chi connectivity index (χ1) is 6.50. The van der Waals surface area contributed by atoms with E-state index in [1.807, 2.05) is 0 Å². The molecule has 0 aromatic heterocycles. The van der Waals surface area contributed by atoms with Gasteiger partial charge in [-0.15, -0.1) is 0 Å². The lowest BCUT2D eigenvalue weighted by Gasteiger charge is -2.08. The van der Waals surface area contributed by atoms with Crippen molar-refractivity contribution in [3.63, 3.8) is 0 Å². The normalized spacial score (nSPS) is 25.6. The maximum absolute atomic E-state index is 11.2. The molecular weight excluding hydrogens is 114 g/mol. The van der Waals surface area contributed by atoms with Crippen molar-refractivity contribution in [2.45, 2.75) is 26.0 Å². The summed E-state index contributed by atoms with van der Waals surface area (Å²) >= 11 is 0. The number of carbonyl (C=O) groups excluding carboxylic acids is 1. The topological polar surface area (TPSA) is 20.3 Å². The Morgan fingerprint density at radius 2 is 2.44 bits per heavy atom. The molecule has 0 saturated carbocycles. The van der Waals surface area contributed by atoms with Gasteiger partial charge in [-0.05, 0) is 6.40 Å². The Kier molecular flexibility index (Phi) is 1.26. The van der Waals surface area contributed by atoms with Gasteiger partial charge in [0, 0.05) is 28.7 Å². The van der Waals surface area contributed by atoms with Gasteiger partial charge >= 0.3 is 0 Å². The van der Waals surface area contributed by atoms with Crippen LogP contribution in [0.15, 0.2) is 0 Å². The summed E-state index contributed by atoms with van der Waals surface area (Å²) < 4.78 is 42.7. The van der Waals surface area contributed by atoms with Crippen LogP contribution < -0.4 is 0 Å². The van der Waals surface area contributed by atoms with Crippen LogP contribution in [-0.4, -0.2) is 24.9 Å². The minimum absolute atomic E-state index is 0.432. The Morgan fingerprint density at radius 3 is 2.89 bits per heavy atom. The minimum atomic E-state index is -2.88. The molecule has 0 aliphatic carbocycles. The van der Waals surface area contributed by atoms with E-state index in [1.54, 1.807) is 0 Å². The highest BCUT2D eigenvalue weighted by atomic mass is 16.2. The van der Waals surface area contributed by atoms with Gasteiger partial charge in [0.25, 0.3) is 0 Å². The number of amides is 1. The van der Waals surface area contributed by atoms with Crippen molar-refractivity contribution in [3.05, 3.63) is 0 Å². The molecule has 0 aromatic carbocycles. The Bertz CT molecular complexity index is 236. The van der Waals surface area contributed by atoms with Crippen molar-refractivity contribution in [1.29, 1.82) is 0 Å². The summed E-state index contributed by atoms with van der Waals surface area (Å²) in [6.45, 7) is -2.88. The molecule has 54 valence electrons. The van der Waals surface area contributed by atoms with E-state index in [2.05, 4.69) is 0 Å². The molecule has 0 spiro atoms. The third-order valence-corrected chi connectivity index (χ3v) is 0.878. The highest BCUT2D eigenvalue weighted by molar-refractivity contribution is 5.75. The van der Waals surface area contributed by atoms with Crippen LogP contribution in [-0.2, 0) is 4.79 Å². The summed E-state index contributed by atoms with van der Waals surface area (Å²) in [6.07, 6.45) is -4.68. The molecule has 0 aromatic rings. The van der Waals surface area contributed by atoms with E-state index in [9.17, 15) is 4.79 Å². The van der Waals surface area contributed by atoms with E-state index in [1.165, 1.54) is 19.0 Å². The summed E-state index contributed by atoms with van der Waals surface area (Å²) in [5.41, 5.74) is 0. The van der Waals surface area contributed by atoms with Gasteiger partial charge in [-0.25, -0.2) is 0 Å². The van der Waals surface area contributed by atoms with Gasteiger partial charge in [0.05, 0.1) is 0 Å². The molecule has 0 bridgehead atoms. The number of nitrogens with zero attached hydrogens (tertiary/aromatic N) is 1. The van der Waals surface area contributed by atoms with Gasteiger partial charge in [0.1, 0.15) is 0 Å². The summed E-state index contributed by atoms with van der Waals surface area (Å²) in [6, 6.07) is 0. The van der Waals surface area contributed by atoms with E-state index in [4.69, 9.17) is 8.22 Å². The van der Waals surface area contributed by atoms with Gasteiger partial charge in [-0.3, -0.25) is 4.79 Å². The summed E-state index contributed by atoms with van der Waals surface area (Å²) in [7, 11) is 2.94. The molecule has 9 heavy (non-hydrogen) atoms. The van der Waals surface area contributed by atoms with Crippen molar-refractivity contribution in [2.24, 2.45) is 0 Å². The quantitative estimate of drug-likeness (QED) is 0.570. The van der Waals surface area contributed by atoms with Crippen LogP contribution in [0.5, 0.6) is 0 Å². The number of carbonyl (C=O) groups is 1. The molecule has 0 radical (unpaired) electrons. The van der Waals surface area contributed by atoms with Crippen LogP contribution in [0.3, 0.4) is 0 Å². The third kappa shape index (κ3) is 4.01. The zero-order valence-corrected chi connectivity index (χ0v) is 5.64. The van der Waals surface area contributed by atoms with Gasteiger partial charge in [0.2, 0.25) is 5.91 Å². The molecule has 0 aliphatic rings. The molecule has 0 saturated heterocycles. The molecule has 0 fully saturated rings. The smallest absolute Gasteiger partial charge is 0.222 e. The van der Waals surface area contributed by atoms with Gasteiger partial charge < -0.3 is 4.90 Å². The Balaban J connectivity index is 4.59. The maximum atomic E-state index is 11.2. The molecule has 0 heterocycles. The lowest BCUT2D eigenvalue weighted by Crippen LogP contribution is -2.20. The Hall–Kier alpha value is -0.530. The van der Waals surface area contributed by atoms with Crippen LogP contribution in [0, 0.1) is 0 Å². The first kappa shape index (κ1) is 2.60. The fraction of sp³-hybridized carbons (Fsp3) is 0.857. The SMILES string of the molecule is [2H]C(CC(=O)N(C)C)C([2H])([2H])C([2H])([2H])[2H]. The van der Waals surface area contributed by atoms with Crippen LogP contribution in [0.4, 0.5) is 0 Å². The fourth-order valence-electron chi connectivity index (χ4n) is 0.321. The van der Waals surface area contributed by atoms with E-state index in [0.717, 1.165) is 0 Å². The van der Waals surface area contributed by atoms with E-state index >= 15 is 0 Å². The lowest BCUT2D eigenvalue weighted by molar-refractivity contribution is -0.128. The van der Waals surface area contributed by atoms with Crippen LogP contribution in [0.2, 0.25) is 0 Å². The second kappa shape index (κ2) is 4.36. The Labute approximate surface area is 65.3 Å². The molecule has 0 aliphatic heterocycles. The van der Waals surface area contributed by atoms with Crippen molar-refractivity contribution >= 4 is 5.91 Å². The fourth-order valence-corrected chi connectivity index (χ4v) is 0.321. The largest absolute Gasteiger partial charge is 0.349 e. The lowest BCUT2D eigenvalue weighted by atomic mass is 10.2. The summed E-state index contributed by atoms with van der Waals surface area (Å²) in [4.78, 5) is 12.4. The standard InChI is InChI=1S/C7H15NO/c1-4-5-6-7(9)8(2)3/h4-6H2,1-3H3/i1D3,4D2,5D. The van der Waals surface area contributed by atoms with Crippen molar-refractivity contribution in [1.82, 2.24) is 4.90 Å². The molecule has 1 amide bonds. The highest BCUT2D eigenvalue weighted by Crippen LogP contribution is 1.95. The second-order valence-corrected chi connectivity index (χ2v) is 1.84. The molecule has 1 unspecified atom stereocenters. The Morgan fingerprint density at radius 1 is 1.78 bits per heavy atom.